The molecule has 1 saturated heterocycles. The van der Waals surface area contributed by atoms with Gasteiger partial charge in [0.15, 0.2) is 0 Å². The number of anilines is 1. The standard InChI is InChI=1S/C10H12ClN7/c1-7-3-2-4-17(7)9-14-8(11)15-10(16-9)18-6-12-5-13-18/h5-7H,2-4H2,1H3. The Kier molecular flexibility index (Phi) is 2.83. The molecule has 2 aromatic rings. The van der Waals surface area contributed by atoms with Crippen LogP contribution in [0.1, 0.15) is 19.8 Å². The van der Waals surface area contributed by atoms with Crippen LogP contribution in [-0.2, 0) is 0 Å². The number of halogens is 1. The summed E-state index contributed by atoms with van der Waals surface area (Å²) in [5, 5.41) is 4.16. The van der Waals surface area contributed by atoms with Crippen LogP contribution in [0.3, 0.4) is 0 Å². The third kappa shape index (κ3) is 2.01. The second-order valence-corrected chi connectivity index (χ2v) is 4.57. The molecule has 0 saturated carbocycles. The summed E-state index contributed by atoms with van der Waals surface area (Å²) in [7, 11) is 0. The van der Waals surface area contributed by atoms with Gasteiger partial charge in [0.25, 0.3) is 5.95 Å². The maximum absolute atomic E-state index is 5.94. The number of aromatic nitrogens is 6. The van der Waals surface area contributed by atoms with Gasteiger partial charge in [0.05, 0.1) is 0 Å². The van der Waals surface area contributed by atoms with E-state index < -0.39 is 0 Å². The van der Waals surface area contributed by atoms with Gasteiger partial charge in [-0.15, -0.1) is 0 Å². The van der Waals surface area contributed by atoms with Crippen molar-refractivity contribution in [3.05, 3.63) is 17.9 Å². The average molecular weight is 266 g/mol. The fourth-order valence-electron chi connectivity index (χ4n) is 2.10. The van der Waals surface area contributed by atoms with E-state index in [1.54, 1.807) is 0 Å². The van der Waals surface area contributed by atoms with Gasteiger partial charge in [0.2, 0.25) is 11.2 Å². The van der Waals surface area contributed by atoms with Crippen molar-refractivity contribution < 1.29 is 0 Å². The third-order valence-electron chi connectivity index (χ3n) is 3.02. The minimum Gasteiger partial charge on any atom is -0.338 e. The molecule has 3 heterocycles. The normalized spacial score (nSPS) is 19.4. The van der Waals surface area contributed by atoms with E-state index in [0.29, 0.717) is 17.9 Å². The zero-order chi connectivity index (χ0) is 12.5. The molecule has 18 heavy (non-hydrogen) atoms. The van der Waals surface area contributed by atoms with Crippen molar-refractivity contribution in [2.45, 2.75) is 25.8 Å². The Morgan fingerprint density at radius 3 is 2.78 bits per heavy atom. The lowest BCUT2D eigenvalue weighted by molar-refractivity contribution is 0.704. The van der Waals surface area contributed by atoms with Crippen LogP contribution >= 0.6 is 11.6 Å². The molecule has 0 bridgehead atoms. The van der Waals surface area contributed by atoms with Crippen molar-refractivity contribution in [1.29, 1.82) is 0 Å². The molecule has 0 aliphatic carbocycles. The number of hydrogen-bond donors (Lipinski definition) is 0. The highest BCUT2D eigenvalue weighted by molar-refractivity contribution is 6.28. The zero-order valence-corrected chi connectivity index (χ0v) is 10.6. The van der Waals surface area contributed by atoms with Crippen LogP contribution in [-0.4, -0.2) is 42.3 Å². The molecule has 0 radical (unpaired) electrons. The van der Waals surface area contributed by atoms with Crippen LogP contribution < -0.4 is 4.90 Å². The summed E-state index contributed by atoms with van der Waals surface area (Å²) < 4.78 is 1.47. The summed E-state index contributed by atoms with van der Waals surface area (Å²) in [4.78, 5) is 18.6. The van der Waals surface area contributed by atoms with Crippen molar-refractivity contribution >= 4 is 17.5 Å². The van der Waals surface area contributed by atoms with Crippen LogP contribution in [0.5, 0.6) is 0 Å². The van der Waals surface area contributed by atoms with E-state index in [9.17, 15) is 0 Å². The SMILES string of the molecule is CC1CCCN1c1nc(Cl)nc(-n2cncn2)n1. The van der Waals surface area contributed by atoms with Crippen LogP contribution in [0.4, 0.5) is 5.95 Å². The molecule has 1 atom stereocenters. The van der Waals surface area contributed by atoms with Crippen molar-refractivity contribution in [3.8, 4) is 5.95 Å². The summed E-state index contributed by atoms with van der Waals surface area (Å²) in [6.07, 6.45) is 5.24. The molecule has 0 amide bonds. The van der Waals surface area contributed by atoms with E-state index in [2.05, 4.69) is 36.9 Å². The first-order valence-electron chi connectivity index (χ1n) is 5.77. The third-order valence-corrected chi connectivity index (χ3v) is 3.19. The highest BCUT2D eigenvalue weighted by atomic mass is 35.5. The molecule has 3 rings (SSSR count). The highest BCUT2D eigenvalue weighted by Gasteiger charge is 2.24. The molecule has 8 heteroatoms. The lowest BCUT2D eigenvalue weighted by atomic mass is 10.2. The zero-order valence-electron chi connectivity index (χ0n) is 9.86. The van der Waals surface area contributed by atoms with E-state index in [0.717, 1.165) is 19.4 Å². The van der Waals surface area contributed by atoms with Crippen LogP contribution in [0, 0.1) is 0 Å². The van der Waals surface area contributed by atoms with Crippen LogP contribution in [0.15, 0.2) is 12.7 Å². The van der Waals surface area contributed by atoms with Gasteiger partial charge in [-0.2, -0.15) is 24.7 Å². The van der Waals surface area contributed by atoms with Gasteiger partial charge < -0.3 is 4.90 Å². The van der Waals surface area contributed by atoms with Crippen molar-refractivity contribution in [1.82, 2.24) is 29.7 Å². The maximum Gasteiger partial charge on any atom is 0.258 e. The smallest absolute Gasteiger partial charge is 0.258 e. The Balaban J connectivity index is 2.01. The van der Waals surface area contributed by atoms with Crippen LogP contribution in [0.2, 0.25) is 5.28 Å². The fraction of sp³-hybridized carbons (Fsp3) is 0.500. The van der Waals surface area contributed by atoms with Gasteiger partial charge in [-0.3, -0.25) is 0 Å². The minimum atomic E-state index is 0.171. The topological polar surface area (TPSA) is 72.6 Å². The van der Waals surface area contributed by atoms with Gasteiger partial charge >= 0.3 is 0 Å². The molecule has 0 spiro atoms. The molecule has 1 fully saturated rings. The van der Waals surface area contributed by atoms with Gasteiger partial charge in [0, 0.05) is 12.6 Å². The maximum atomic E-state index is 5.94. The molecule has 0 aromatic carbocycles. The van der Waals surface area contributed by atoms with E-state index in [4.69, 9.17) is 11.6 Å². The summed E-state index contributed by atoms with van der Waals surface area (Å²) in [6, 6.07) is 0.423. The number of rotatable bonds is 2. The highest BCUT2D eigenvalue weighted by Crippen LogP contribution is 2.23. The van der Waals surface area contributed by atoms with Gasteiger partial charge in [-0.25, -0.2) is 4.98 Å². The fourth-order valence-corrected chi connectivity index (χ4v) is 2.25. The molecular weight excluding hydrogens is 254 g/mol. The van der Waals surface area contributed by atoms with Crippen LogP contribution in [0.25, 0.3) is 5.95 Å². The molecule has 0 N–H and O–H groups in total. The molecular formula is C10H12ClN7. The van der Waals surface area contributed by atoms with E-state index in [1.807, 2.05) is 0 Å². The second-order valence-electron chi connectivity index (χ2n) is 4.23. The molecule has 1 aliphatic rings. The summed E-state index contributed by atoms with van der Waals surface area (Å²) >= 11 is 5.94. The summed E-state index contributed by atoms with van der Waals surface area (Å²) in [5.74, 6) is 0.993. The largest absolute Gasteiger partial charge is 0.338 e. The molecule has 2 aromatic heterocycles. The van der Waals surface area contributed by atoms with Crippen molar-refractivity contribution in [2.75, 3.05) is 11.4 Å². The van der Waals surface area contributed by atoms with Crippen molar-refractivity contribution in [2.24, 2.45) is 0 Å². The minimum absolute atomic E-state index is 0.171. The Hall–Kier alpha value is -1.76. The predicted octanol–water partition coefficient (Wildman–Crippen LogP) is 1.09. The lowest BCUT2D eigenvalue weighted by Gasteiger charge is -2.21. The molecule has 94 valence electrons. The Bertz CT molecular complexity index is 541. The van der Waals surface area contributed by atoms with Gasteiger partial charge in [-0.05, 0) is 31.4 Å². The lowest BCUT2D eigenvalue weighted by Crippen LogP contribution is -2.28. The Morgan fingerprint density at radius 1 is 1.28 bits per heavy atom. The van der Waals surface area contributed by atoms with E-state index >= 15 is 0 Å². The van der Waals surface area contributed by atoms with Crippen molar-refractivity contribution in [3.63, 3.8) is 0 Å². The second kappa shape index (κ2) is 4.49. The quantitative estimate of drug-likeness (QED) is 0.809. The predicted molar refractivity (Wildman–Crippen MR) is 65.8 cm³/mol. The first kappa shape index (κ1) is 11.3. The monoisotopic (exact) mass is 265 g/mol. The van der Waals surface area contributed by atoms with E-state index in [1.165, 1.54) is 17.3 Å². The molecule has 1 aliphatic heterocycles. The summed E-state index contributed by atoms with van der Waals surface area (Å²) in [6.45, 7) is 3.10. The van der Waals surface area contributed by atoms with Gasteiger partial charge in [0.1, 0.15) is 12.7 Å². The number of hydrogen-bond acceptors (Lipinski definition) is 6. The average Bonchev–Trinajstić information content (AvgIpc) is 2.98. The molecule has 7 nitrogen and oxygen atoms in total. The van der Waals surface area contributed by atoms with E-state index in [-0.39, 0.29) is 5.28 Å². The Labute approximate surface area is 109 Å². The first-order chi connectivity index (χ1) is 8.74. The molecule has 1 unspecified atom stereocenters. The summed E-state index contributed by atoms with van der Waals surface area (Å²) in [5.41, 5.74) is 0. The first-order valence-corrected chi connectivity index (χ1v) is 6.15. The Morgan fingerprint density at radius 2 is 2.11 bits per heavy atom. The number of nitrogens with zero attached hydrogens (tertiary/aromatic N) is 7. The van der Waals surface area contributed by atoms with Gasteiger partial charge in [-0.1, -0.05) is 0 Å².